The number of hydrogen-bond acceptors (Lipinski definition) is 7. The van der Waals surface area contributed by atoms with Gasteiger partial charge in [-0.15, -0.1) is 0 Å². The summed E-state index contributed by atoms with van der Waals surface area (Å²) >= 11 is 0. The Bertz CT molecular complexity index is 1980. The fraction of sp³-hybridized carbons (Fsp3) is 0.111. The smallest absolute Gasteiger partial charge is 0.255 e. The Morgan fingerprint density at radius 3 is 1.60 bits per heavy atom. The van der Waals surface area contributed by atoms with Crippen LogP contribution in [0.15, 0.2) is 132 Å². The molecule has 1 saturated heterocycles. The zero-order valence-electron chi connectivity index (χ0n) is 25.2. The number of rotatable bonds is 10. The van der Waals surface area contributed by atoms with Gasteiger partial charge in [0.2, 0.25) is 10.0 Å². The number of nitrogens with one attached hydrogen (secondary N) is 2. The summed E-state index contributed by atoms with van der Waals surface area (Å²) in [5, 5.41) is 5.61. The van der Waals surface area contributed by atoms with Crippen LogP contribution in [-0.2, 0) is 14.8 Å². The van der Waals surface area contributed by atoms with E-state index in [1.807, 2.05) is 36.4 Å². The van der Waals surface area contributed by atoms with E-state index in [0.29, 0.717) is 28.6 Å². The molecule has 1 aliphatic rings. The van der Waals surface area contributed by atoms with Crippen LogP contribution >= 0.6 is 0 Å². The van der Waals surface area contributed by atoms with E-state index in [0.717, 1.165) is 0 Å². The molecule has 0 unspecified atom stereocenters. The summed E-state index contributed by atoms with van der Waals surface area (Å²) in [5.74, 6) is 1.11. The van der Waals surface area contributed by atoms with Crippen LogP contribution in [0.25, 0.3) is 0 Å². The Labute approximate surface area is 272 Å². The lowest BCUT2D eigenvalue weighted by molar-refractivity contribution is 0.0730. The largest absolute Gasteiger partial charge is 0.457 e. The molecule has 0 aromatic heterocycles. The van der Waals surface area contributed by atoms with Gasteiger partial charge in [0.15, 0.2) is 0 Å². The van der Waals surface area contributed by atoms with E-state index in [4.69, 9.17) is 14.2 Å². The lowest BCUT2D eigenvalue weighted by Gasteiger charge is -2.26. The molecule has 5 aromatic carbocycles. The summed E-state index contributed by atoms with van der Waals surface area (Å²) in [6.07, 6.45) is 0. The molecule has 0 bridgehead atoms. The van der Waals surface area contributed by atoms with Gasteiger partial charge < -0.3 is 24.8 Å². The van der Waals surface area contributed by atoms with E-state index >= 15 is 0 Å². The third-order valence-electron chi connectivity index (χ3n) is 7.25. The number of para-hydroxylation sites is 2. The van der Waals surface area contributed by atoms with Crippen molar-refractivity contribution in [1.82, 2.24) is 4.31 Å². The molecule has 47 heavy (non-hydrogen) atoms. The highest BCUT2D eigenvalue weighted by Gasteiger charge is 2.27. The molecule has 1 heterocycles. The average Bonchev–Trinajstić information content (AvgIpc) is 3.10. The number of benzene rings is 5. The molecule has 0 atom stereocenters. The Kier molecular flexibility index (Phi) is 9.58. The quantitative estimate of drug-likeness (QED) is 0.171. The zero-order chi connectivity index (χ0) is 32.6. The minimum absolute atomic E-state index is 0.0351. The number of sulfonamides is 1. The van der Waals surface area contributed by atoms with Crippen molar-refractivity contribution >= 4 is 33.2 Å². The summed E-state index contributed by atoms with van der Waals surface area (Å²) in [4.78, 5) is 26.9. The maximum absolute atomic E-state index is 13.5. The topological polar surface area (TPSA) is 123 Å². The molecule has 1 fully saturated rings. The molecule has 238 valence electrons. The fourth-order valence-corrected chi connectivity index (χ4v) is 6.31. The van der Waals surface area contributed by atoms with Gasteiger partial charge in [-0.2, -0.15) is 4.31 Å². The van der Waals surface area contributed by atoms with Gasteiger partial charge >= 0.3 is 0 Å². The van der Waals surface area contributed by atoms with Gasteiger partial charge in [-0.05, 0) is 78.9 Å². The van der Waals surface area contributed by atoms with Crippen LogP contribution in [-0.4, -0.2) is 50.8 Å². The Morgan fingerprint density at radius 2 is 1.06 bits per heavy atom. The molecule has 10 nitrogen and oxygen atoms in total. The highest BCUT2D eigenvalue weighted by atomic mass is 32.2. The highest BCUT2D eigenvalue weighted by molar-refractivity contribution is 7.89. The second-order valence-corrected chi connectivity index (χ2v) is 12.5. The average molecular weight is 650 g/mol. The van der Waals surface area contributed by atoms with Crippen molar-refractivity contribution in [3.63, 3.8) is 0 Å². The van der Waals surface area contributed by atoms with Crippen LogP contribution in [0.4, 0.5) is 11.4 Å². The number of nitrogens with zero attached hydrogens (tertiary/aromatic N) is 1. The van der Waals surface area contributed by atoms with Crippen LogP contribution < -0.4 is 20.1 Å². The second-order valence-electron chi connectivity index (χ2n) is 10.5. The Morgan fingerprint density at radius 1 is 0.574 bits per heavy atom. The Hall–Kier alpha value is -5.49. The maximum Gasteiger partial charge on any atom is 0.255 e. The first kappa shape index (κ1) is 31.5. The summed E-state index contributed by atoms with van der Waals surface area (Å²) < 4.78 is 45.4. The molecule has 0 radical (unpaired) electrons. The van der Waals surface area contributed by atoms with Crippen molar-refractivity contribution in [3.05, 3.63) is 139 Å². The summed E-state index contributed by atoms with van der Waals surface area (Å²) in [6.45, 7) is 0.979. The SMILES string of the molecule is O=C(Nc1ccc(S(=O)(=O)N2CCOCC2)cc1NC(=O)c1cccc(Oc2ccccc2)c1)c1cccc(Oc2ccccc2)c1. The number of ether oxygens (including phenoxy) is 3. The number of carbonyl (C=O) groups is 2. The lowest BCUT2D eigenvalue weighted by Crippen LogP contribution is -2.40. The first-order chi connectivity index (χ1) is 22.8. The predicted molar refractivity (Wildman–Crippen MR) is 178 cm³/mol. The first-order valence-electron chi connectivity index (χ1n) is 14.9. The van der Waals surface area contributed by atoms with Gasteiger partial charge in [-0.1, -0.05) is 48.5 Å². The van der Waals surface area contributed by atoms with Gasteiger partial charge in [-0.25, -0.2) is 8.42 Å². The van der Waals surface area contributed by atoms with Crippen molar-refractivity contribution in [2.75, 3.05) is 36.9 Å². The van der Waals surface area contributed by atoms with Crippen molar-refractivity contribution in [3.8, 4) is 23.0 Å². The molecule has 0 saturated carbocycles. The monoisotopic (exact) mass is 649 g/mol. The van der Waals surface area contributed by atoms with E-state index in [1.165, 1.54) is 22.5 Å². The van der Waals surface area contributed by atoms with Crippen molar-refractivity contribution < 1.29 is 32.2 Å². The summed E-state index contributed by atoms with van der Waals surface area (Å²) in [5.41, 5.74) is 0.869. The van der Waals surface area contributed by atoms with Crippen molar-refractivity contribution in [2.24, 2.45) is 0 Å². The molecule has 2 N–H and O–H groups in total. The van der Waals surface area contributed by atoms with E-state index in [1.54, 1.807) is 72.8 Å². The number of amides is 2. The third-order valence-corrected chi connectivity index (χ3v) is 9.14. The number of hydrogen-bond donors (Lipinski definition) is 2. The van der Waals surface area contributed by atoms with Gasteiger partial charge in [-0.3, -0.25) is 9.59 Å². The highest BCUT2D eigenvalue weighted by Crippen LogP contribution is 2.30. The van der Waals surface area contributed by atoms with Crippen LogP contribution in [0.5, 0.6) is 23.0 Å². The standard InChI is InChI=1S/C36H31N3O7S/c40-35(26-9-7-15-30(23-26)45-28-11-3-1-4-12-28)37-33-18-17-32(47(42,43)39-19-21-44-22-20-39)25-34(33)38-36(41)27-10-8-16-31(24-27)46-29-13-5-2-6-14-29/h1-18,23-25H,19-22H2,(H,37,40)(H,38,41). The number of anilines is 2. The third kappa shape index (κ3) is 7.85. The molecule has 2 amide bonds. The van der Waals surface area contributed by atoms with E-state index in [2.05, 4.69) is 10.6 Å². The van der Waals surface area contributed by atoms with Crippen LogP contribution in [0.2, 0.25) is 0 Å². The molecule has 1 aliphatic heterocycles. The van der Waals surface area contributed by atoms with Crippen molar-refractivity contribution in [1.29, 1.82) is 0 Å². The molecule has 11 heteroatoms. The molecular weight excluding hydrogens is 618 g/mol. The Balaban J connectivity index is 1.27. The van der Waals surface area contributed by atoms with Gasteiger partial charge in [0.25, 0.3) is 11.8 Å². The van der Waals surface area contributed by atoms with Crippen LogP contribution in [0.1, 0.15) is 20.7 Å². The summed E-state index contributed by atoms with van der Waals surface area (Å²) in [7, 11) is -3.91. The first-order valence-corrected chi connectivity index (χ1v) is 16.3. The normalized spacial score (nSPS) is 13.4. The molecular formula is C36H31N3O7S. The fourth-order valence-electron chi connectivity index (χ4n) is 4.87. The minimum atomic E-state index is -3.91. The number of morpholine rings is 1. The molecule has 0 spiro atoms. The van der Waals surface area contributed by atoms with E-state index in [-0.39, 0.29) is 48.1 Å². The maximum atomic E-state index is 13.5. The van der Waals surface area contributed by atoms with E-state index < -0.39 is 21.8 Å². The molecule has 0 aliphatic carbocycles. The summed E-state index contributed by atoms with van der Waals surface area (Å²) in [6, 6.07) is 35.8. The lowest BCUT2D eigenvalue weighted by atomic mass is 10.1. The predicted octanol–water partition coefficient (Wildman–Crippen LogP) is 6.80. The van der Waals surface area contributed by atoms with Gasteiger partial charge in [0, 0.05) is 24.2 Å². The van der Waals surface area contributed by atoms with Gasteiger partial charge in [0.1, 0.15) is 23.0 Å². The van der Waals surface area contributed by atoms with Crippen LogP contribution in [0, 0.1) is 0 Å². The minimum Gasteiger partial charge on any atom is -0.457 e. The molecule has 6 rings (SSSR count). The second kappa shape index (κ2) is 14.3. The number of carbonyl (C=O) groups excluding carboxylic acids is 2. The van der Waals surface area contributed by atoms with E-state index in [9.17, 15) is 18.0 Å². The molecule has 5 aromatic rings. The zero-order valence-corrected chi connectivity index (χ0v) is 26.0. The van der Waals surface area contributed by atoms with Crippen LogP contribution in [0.3, 0.4) is 0 Å². The van der Waals surface area contributed by atoms with Crippen molar-refractivity contribution in [2.45, 2.75) is 4.90 Å². The van der Waals surface area contributed by atoms with Gasteiger partial charge in [0.05, 0.1) is 29.5 Å².